The molecule has 11 heavy (non-hydrogen) atoms. The van der Waals surface area contributed by atoms with E-state index in [0.717, 1.165) is 20.9 Å². The minimum atomic E-state index is 0.366. The number of aliphatic hydroxyl groups excluding tert-OH is 1. The minimum absolute atomic E-state index is 0.366. The second-order valence-corrected chi connectivity index (χ2v) is 4.24. The van der Waals surface area contributed by atoms with Crippen LogP contribution < -0.4 is 0 Å². The van der Waals surface area contributed by atoms with Crippen molar-refractivity contribution in [2.24, 2.45) is 5.92 Å². The van der Waals surface area contributed by atoms with Crippen molar-refractivity contribution in [3.63, 3.8) is 0 Å². The molecule has 0 bridgehead atoms. The SMILES string of the molecule is CCC(CCCO)CCPC. The van der Waals surface area contributed by atoms with Gasteiger partial charge in [-0.1, -0.05) is 13.3 Å². The quantitative estimate of drug-likeness (QED) is 0.591. The summed E-state index contributed by atoms with van der Waals surface area (Å²) in [6, 6.07) is 0. The van der Waals surface area contributed by atoms with Crippen molar-refractivity contribution in [2.45, 2.75) is 32.6 Å². The average Bonchev–Trinajstić information content (AvgIpc) is 2.05. The molecule has 0 rings (SSSR count). The summed E-state index contributed by atoms with van der Waals surface area (Å²) < 4.78 is 0. The first kappa shape index (κ1) is 11.4. The molecule has 68 valence electrons. The third kappa shape index (κ3) is 6.77. The summed E-state index contributed by atoms with van der Waals surface area (Å²) in [7, 11) is 1.10. The maximum atomic E-state index is 8.64. The molecule has 0 aromatic carbocycles. The van der Waals surface area contributed by atoms with Gasteiger partial charge in [0.15, 0.2) is 0 Å². The fraction of sp³-hybridized carbons (Fsp3) is 1.00. The van der Waals surface area contributed by atoms with Gasteiger partial charge in [-0.3, -0.25) is 0 Å². The van der Waals surface area contributed by atoms with Gasteiger partial charge in [0.25, 0.3) is 0 Å². The summed E-state index contributed by atoms with van der Waals surface area (Å²) in [4.78, 5) is 0. The lowest BCUT2D eigenvalue weighted by Gasteiger charge is -2.12. The van der Waals surface area contributed by atoms with Crippen LogP contribution in [0.3, 0.4) is 0 Å². The number of hydrogen-bond acceptors (Lipinski definition) is 1. The van der Waals surface area contributed by atoms with E-state index < -0.39 is 0 Å². The van der Waals surface area contributed by atoms with Crippen LogP contribution in [-0.2, 0) is 0 Å². The summed E-state index contributed by atoms with van der Waals surface area (Å²) in [5.41, 5.74) is 0. The van der Waals surface area contributed by atoms with Crippen LogP contribution in [0.1, 0.15) is 32.6 Å². The monoisotopic (exact) mass is 176 g/mol. The molecule has 0 heterocycles. The van der Waals surface area contributed by atoms with Gasteiger partial charge >= 0.3 is 0 Å². The van der Waals surface area contributed by atoms with E-state index in [1.807, 2.05) is 0 Å². The van der Waals surface area contributed by atoms with Crippen molar-refractivity contribution in [3.05, 3.63) is 0 Å². The van der Waals surface area contributed by atoms with Crippen LogP contribution >= 0.6 is 8.58 Å². The molecule has 0 fully saturated rings. The second-order valence-electron chi connectivity index (χ2n) is 3.03. The first-order valence-electron chi connectivity index (χ1n) is 4.60. The Morgan fingerprint density at radius 1 is 1.36 bits per heavy atom. The Kier molecular flexibility index (Phi) is 8.79. The number of aliphatic hydroxyl groups is 1. The molecule has 0 aliphatic rings. The van der Waals surface area contributed by atoms with Gasteiger partial charge in [-0.2, -0.15) is 0 Å². The Balaban J connectivity index is 3.25. The van der Waals surface area contributed by atoms with Gasteiger partial charge in [0.2, 0.25) is 0 Å². The van der Waals surface area contributed by atoms with Crippen molar-refractivity contribution in [1.29, 1.82) is 0 Å². The van der Waals surface area contributed by atoms with Crippen LogP contribution in [0.15, 0.2) is 0 Å². The molecule has 0 saturated heterocycles. The Morgan fingerprint density at radius 3 is 2.55 bits per heavy atom. The molecule has 1 N–H and O–H groups in total. The fourth-order valence-electron chi connectivity index (χ4n) is 1.28. The first-order valence-corrected chi connectivity index (χ1v) is 6.31. The molecule has 2 atom stereocenters. The van der Waals surface area contributed by atoms with Gasteiger partial charge in [-0.05, 0) is 38.0 Å². The van der Waals surface area contributed by atoms with Crippen molar-refractivity contribution in [1.82, 2.24) is 0 Å². The zero-order valence-corrected chi connectivity index (χ0v) is 8.77. The standard InChI is InChI=1S/C9H21OP/c1-3-9(5-4-7-10)6-8-11-2/h9-11H,3-8H2,1-2H3. The van der Waals surface area contributed by atoms with Gasteiger partial charge in [0.05, 0.1) is 0 Å². The second kappa shape index (κ2) is 8.49. The summed E-state index contributed by atoms with van der Waals surface area (Å²) >= 11 is 0. The molecule has 1 nitrogen and oxygen atoms in total. The maximum Gasteiger partial charge on any atom is 0.0431 e. The molecule has 0 saturated carbocycles. The molecule has 0 aliphatic heterocycles. The van der Waals surface area contributed by atoms with Crippen LogP contribution in [0.25, 0.3) is 0 Å². The normalized spacial score (nSPS) is 14.5. The smallest absolute Gasteiger partial charge is 0.0431 e. The highest BCUT2D eigenvalue weighted by molar-refractivity contribution is 7.36. The summed E-state index contributed by atoms with van der Waals surface area (Å²) in [6.45, 7) is 4.88. The third-order valence-electron chi connectivity index (χ3n) is 2.15. The molecule has 0 aromatic rings. The Morgan fingerprint density at radius 2 is 2.09 bits per heavy atom. The molecule has 2 heteroatoms. The van der Waals surface area contributed by atoms with E-state index in [2.05, 4.69) is 13.6 Å². The molecular weight excluding hydrogens is 155 g/mol. The molecule has 2 unspecified atom stereocenters. The topological polar surface area (TPSA) is 20.2 Å². The van der Waals surface area contributed by atoms with E-state index in [9.17, 15) is 0 Å². The summed E-state index contributed by atoms with van der Waals surface area (Å²) in [5, 5.41) is 8.64. The molecule has 0 aromatic heterocycles. The zero-order valence-electron chi connectivity index (χ0n) is 7.77. The van der Waals surface area contributed by atoms with Gasteiger partial charge in [0.1, 0.15) is 0 Å². The molecule has 0 spiro atoms. The Labute approximate surface area is 72.4 Å². The zero-order chi connectivity index (χ0) is 8.53. The predicted molar refractivity (Wildman–Crippen MR) is 53.8 cm³/mol. The molecular formula is C9H21OP. The summed E-state index contributed by atoms with van der Waals surface area (Å²) in [5.74, 6) is 0.870. The fourth-order valence-corrected chi connectivity index (χ4v) is 1.98. The van der Waals surface area contributed by atoms with E-state index in [1.54, 1.807) is 0 Å². The van der Waals surface area contributed by atoms with Crippen molar-refractivity contribution in [2.75, 3.05) is 19.4 Å². The first-order chi connectivity index (χ1) is 5.35. The molecule has 0 radical (unpaired) electrons. The van der Waals surface area contributed by atoms with Crippen LogP contribution in [0.5, 0.6) is 0 Å². The minimum Gasteiger partial charge on any atom is -0.396 e. The predicted octanol–water partition coefficient (Wildman–Crippen LogP) is 2.48. The van der Waals surface area contributed by atoms with Crippen LogP contribution in [0.2, 0.25) is 0 Å². The molecule has 0 aliphatic carbocycles. The number of rotatable bonds is 7. The van der Waals surface area contributed by atoms with Crippen molar-refractivity contribution >= 4 is 8.58 Å². The lowest BCUT2D eigenvalue weighted by atomic mass is 9.98. The average molecular weight is 176 g/mol. The van der Waals surface area contributed by atoms with E-state index >= 15 is 0 Å². The van der Waals surface area contributed by atoms with Gasteiger partial charge in [0, 0.05) is 6.61 Å². The van der Waals surface area contributed by atoms with Gasteiger partial charge in [-0.25, -0.2) is 0 Å². The van der Waals surface area contributed by atoms with E-state index in [1.165, 1.54) is 25.4 Å². The van der Waals surface area contributed by atoms with Crippen LogP contribution in [0.4, 0.5) is 0 Å². The lowest BCUT2D eigenvalue weighted by molar-refractivity contribution is 0.268. The van der Waals surface area contributed by atoms with E-state index in [-0.39, 0.29) is 0 Å². The van der Waals surface area contributed by atoms with E-state index in [4.69, 9.17) is 5.11 Å². The van der Waals surface area contributed by atoms with Crippen molar-refractivity contribution in [3.8, 4) is 0 Å². The Bertz CT molecular complexity index is 68.0. The molecule has 0 amide bonds. The highest BCUT2D eigenvalue weighted by Gasteiger charge is 2.03. The third-order valence-corrected chi connectivity index (χ3v) is 2.94. The van der Waals surface area contributed by atoms with Gasteiger partial charge in [-0.15, -0.1) is 8.58 Å². The maximum absolute atomic E-state index is 8.64. The largest absolute Gasteiger partial charge is 0.396 e. The summed E-state index contributed by atoms with van der Waals surface area (Å²) in [6.07, 6.45) is 6.24. The lowest BCUT2D eigenvalue weighted by Crippen LogP contribution is -2.01. The van der Waals surface area contributed by atoms with Crippen LogP contribution in [0, 0.1) is 5.92 Å². The Hall–Kier alpha value is 0.390. The van der Waals surface area contributed by atoms with E-state index in [0.29, 0.717) is 6.61 Å². The highest BCUT2D eigenvalue weighted by atomic mass is 31.1. The highest BCUT2D eigenvalue weighted by Crippen LogP contribution is 2.18. The van der Waals surface area contributed by atoms with Crippen LogP contribution in [-0.4, -0.2) is 24.5 Å². The number of hydrogen-bond donors (Lipinski definition) is 1. The van der Waals surface area contributed by atoms with Crippen molar-refractivity contribution < 1.29 is 5.11 Å². The van der Waals surface area contributed by atoms with Gasteiger partial charge < -0.3 is 5.11 Å².